The van der Waals surface area contributed by atoms with E-state index in [4.69, 9.17) is 0 Å². The Labute approximate surface area is 215 Å². The molecule has 0 aromatic heterocycles. The highest BCUT2D eigenvalue weighted by Gasteiger charge is 2.69. The zero-order chi connectivity index (χ0) is 25.9. The van der Waals surface area contributed by atoms with E-state index in [1.165, 1.54) is 12.1 Å². The number of ketones is 1. The Bertz CT molecular complexity index is 1420. The third kappa shape index (κ3) is 3.37. The molecular formula is C30H29N3O4. The van der Waals surface area contributed by atoms with Crippen LogP contribution in [0.15, 0.2) is 66.7 Å². The van der Waals surface area contributed by atoms with Crippen molar-refractivity contribution in [2.24, 2.45) is 5.92 Å². The molecule has 4 atom stereocenters. The number of Topliss-reactive ketones (excluding diaryl/α,β-unsaturated/α-hetero) is 1. The maximum absolute atomic E-state index is 14.5. The van der Waals surface area contributed by atoms with Crippen molar-refractivity contribution >= 4 is 23.1 Å². The molecular weight excluding hydrogens is 466 g/mol. The molecule has 3 aromatic carbocycles. The van der Waals surface area contributed by atoms with Crippen molar-refractivity contribution in [3.8, 4) is 0 Å². The number of hydrogen-bond donors (Lipinski definition) is 1. The van der Waals surface area contributed by atoms with Crippen molar-refractivity contribution < 1.29 is 14.5 Å². The van der Waals surface area contributed by atoms with Gasteiger partial charge in [-0.1, -0.05) is 61.0 Å². The summed E-state index contributed by atoms with van der Waals surface area (Å²) in [6, 6.07) is 20.2. The summed E-state index contributed by atoms with van der Waals surface area (Å²) in [5.41, 5.74) is 4.11. The first-order valence-corrected chi connectivity index (χ1v) is 12.9. The number of carbonyl (C=O) groups excluding carboxylic acids is 2. The number of benzene rings is 3. The van der Waals surface area contributed by atoms with E-state index in [9.17, 15) is 19.7 Å². The van der Waals surface area contributed by atoms with E-state index < -0.39 is 16.4 Å². The van der Waals surface area contributed by atoms with Crippen molar-refractivity contribution in [2.45, 2.75) is 50.6 Å². The first-order valence-electron chi connectivity index (χ1n) is 12.9. The Balaban J connectivity index is 1.58. The molecule has 3 unspecified atom stereocenters. The predicted molar refractivity (Wildman–Crippen MR) is 141 cm³/mol. The summed E-state index contributed by atoms with van der Waals surface area (Å²) in [4.78, 5) is 41.8. The molecule has 0 bridgehead atoms. The Morgan fingerprint density at radius 1 is 1.11 bits per heavy atom. The number of nitro benzene ring substituents is 1. The van der Waals surface area contributed by atoms with E-state index in [-0.39, 0.29) is 29.3 Å². The molecule has 3 heterocycles. The largest absolute Gasteiger partial charge is 0.324 e. The van der Waals surface area contributed by atoms with E-state index >= 15 is 0 Å². The van der Waals surface area contributed by atoms with E-state index in [1.807, 2.05) is 49.4 Å². The number of anilines is 1. The topological polar surface area (TPSA) is 92.5 Å². The zero-order valence-electron chi connectivity index (χ0n) is 20.9. The Morgan fingerprint density at radius 3 is 2.51 bits per heavy atom. The van der Waals surface area contributed by atoms with Crippen LogP contribution in [-0.2, 0) is 16.8 Å². The highest BCUT2D eigenvalue weighted by Crippen LogP contribution is 2.61. The number of hydrogen-bond acceptors (Lipinski definition) is 5. The van der Waals surface area contributed by atoms with Gasteiger partial charge >= 0.3 is 0 Å². The normalized spacial score (nSPS) is 26.2. The van der Waals surface area contributed by atoms with Crippen LogP contribution in [0, 0.1) is 23.0 Å². The molecule has 1 N–H and O–H groups in total. The average molecular weight is 496 g/mol. The van der Waals surface area contributed by atoms with Crippen LogP contribution in [0.2, 0.25) is 0 Å². The Morgan fingerprint density at radius 2 is 1.84 bits per heavy atom. The van der Waals surface area contributed by atoms with Gasteiger partial charge in [0.25, 0.3) is 5.69 Å². The molecule has 6 rings (SSSR count). The number of nitrogens with one attached hydrogen (secondary N) is 1. The molecule has 1 spiro atoms. The van der Waals surface area contributed by atoms with Crippen molar-refractivity contribution in [2.75, 3.05) is 11.9 Å². The summed E-state index contributed by atoms with van der Waals surface area (Å²) < 4.78 is 0. The number of aryl methyl sites for hydroxylation is 2. The maximum atomic E-state index is 14.5. The summed E-state index contributed by atoms with van der Waals surface area (Å²) in [7, 11) is 0. The molecule has 3 aliphatic heterocycles. The van der Waals surface area contributed by atoms with Crippen molar-refractivity contribution in [1.82, 2.24) is 4.90 Å². The van der Waals surface area contributed by atoms with E-state index in [2.05, 4.69) is 17.1 Å². The summed E-state index contributed by atoms with van der Waals surface area (Å²) in [6.07, 6.45) is 2.66. The van der Waals surface area contributed by atoms with Crippen LogP contribution in [0.3, 0.4) is 0 Å². The lowest BCUT2D eigenvalue weighted by molar-refractivity contribution is -0.384. The van der Waals surface area contributed by atoms with Gasteiger partial charge in [0, 0.05) is 40.9 Å². The Hall–Kier alpha value is -3.84. The summed E-state index contributed by atoms with van der Waals surface area (Å²) in [5.74, 6) is -1.17. The van der Waals surface area contributed by atoms with Crippen molar-refractivity contribution in [3.63, 3.8) is 0 Å². The Kier molecular flexibility index (Phi) is 5.49. The van der Waals surface area contributed by atoms with Crippen molar-refractivity contribution in [1.29, 1.82) is 0 Å². The molecule has 188 valence electrons. The second-order valence-corrected chi connectivity index (χ2v) is 10.4. The van der Waals surface area contributed by atoms with Gasteiger partial charge in [-0.3, -0.25) is 24.6 Å². The molecule has 7 nitrogen and oxygen atoms in total. The molecule has 0 aliphatic carbocycles. The van der Waals surface area contributed by atoms with Gasteiger partial charge in [-0.15, -0.1) is 0 Å². The van der Waals surface area contributed by atoms with Gasteiger partial charge in [-0.25, -0.2) is 0 Å². The van der Waals surface area contributed by atoms with E-state index in [0.717, 1.165) is 47.2 Å². The molecule has 7 heteroatoms. The maximum Gasteiger partial charge on any atom is 0.269 e. The molecule has 37 heavy (non-hydrogen) atoms. The minimum atomic E-state index is -1.13. The molecule has 3 aromatic rings. The molecule has 2 fully saturated rings. The number of nitrogens with zero attached hydrogens (tertiary/aromatic N) is 2. The van der Waals surface area contributed by atoms with Gasteiger partial charge in [0.15, 0.2) is 5.78 Å². The second kappa shape index (κ2) is 8.63. The summed E-state index contributed by atoms with van der Waals surface area (Å²) >= 11 is 0. The number of rotatable bonds is 5. The van der Waals surface area contributed by atoms with Crippen LogP contribution in [0.5, 0.6) is 0 Å². The fourth-order valence-electron chi connectivity index (χ4n) is 6.95. The molecule has 3 aliphatic rings. The lowest BCUT2D eigenvalue weighted by Crippen LogP contribution is -2.52. The van der Waals surface area contributed by atoms with Crippen LogP contribution in [0.25, 0.3) is 0 Å². The van der Waals surface area contributed by atoms with E-state index in [0.29, 0.717) is 12.1 Å². The molecule has 2 saturated heterocycles. The number of non-ortho nitro benzene ring substituents is 1. The van der Waals surface area contributed by atoms with E-state index in [1.54, 1.807) is 12.1 Å². The number of amides is 1. The first-order chi connectivity index (χ1) is 17.9. The monoisotopic (exact) mass is 495 g/mol. The van der Waals surface area contributed by atoms with Crippen LogP contribution in [0.1, 0.15) is 58.3 Å². The number of carbonyl (C=O) groups is 2. The lowest BCUT2D eigenvalue weighted by Gasteiger charge is -2.37. The summed E-state index contributed by atoms with van der Waals surface area (Å²) in [6.45, 7) is 4.79. The van der Waals surface area contributed by atoms with Crippen LogP contribution in [-0.4, -0.2) is 34.1 Å². The van der Waals surface area contributed by atoms with Gasteiger partial charge in [0.2, 0.25) is 5.91 Å². The van der Waals surface area contributed by atoms with Crippen LogP contribution >= 0.6 is 0 Å². The van der Waals surface area contributed by atoms with Gasteiger partial charge < -0.3 is 5.32 Å². The minimum Gasteiger partial charge on any atom is -0.324 e. The third-order valence-electron chi connectivity index (χ3n) is 8.57. The van der Waals surface area contributed by atoms with Crippen LogP contribution in [0.4, 0.5) is 11.4 Å². The predicted octanol–water partition coefficient (Wildman–Crippen LogP) is 5.37. The average Bonchev–Trinajstić information content (AvgIpc) is 3.57. The SMILES string of the molecule is CCc1ccc(C(=O)C2C(c3ccc([N+](=O)[O-])cc3)C3CCCN3[C@@]23C(=O)Nc2ccc(C)cc23)cc1. The van der Waals surface area contributed by atoms with Gasteiger partial charge in [-0.2, -0.15) is 0 Å². The third-order valence-corrected chi connectivity index (χ3v) is 8.57. The highest BCUT2D eigenvalue weighted by atomic mass is 16.6. The standard InChI is InChI=1S/C30H29N3O4/c1-3-19-7-9-21(10-8-19)28(34)27-26(20-11-13-22(14-12-20)33(36)37)25-5-4-16-32(25)30(27)23-17-18(2)6-15-24(23)31-29(30)35/h6-15,17,25-27H,3-5,16H2,1-2H3,(H,31,35)/t25?,26?,27?,30-/m1/s1. The van der Waals surface area contributed by atoms with Crippen molar-refractivity contribution in [3.05, 3.63) is 105 Å². The zero-order valence-corrected chi connectivity index (χ0v) is 20.9. The minimum absolute atomic E-state index is 0.0114. The summed E-state index contributed by atoms with van der Waals surface area (Å²) in [5, 5.41) is 14.4. The highest BCUT2D eigenvalue weighted by molar-refractivity contribution is 6.12. The van der Waals surface area contributed by atoms with Gasteiger partial charge in [-0.05, 0) is 49.9 Å². The smallest absolute Gasteiger partial charge is 0.269 e. The fourth-order valence-corrected chi connectivity index (χ4v) is 6.95. The fraction of sp³-hybridized carbons (Fsp3) is 0.333. The molecule has 1 amide bonds. The quantitative estimate of drug-likeness (QED) is 0.292. The lowest BCUT2D eigenvalue weighted by atomic mass is 9.68. The molecule has 0 saturated carbocycles. The first kappa shape index (κ1) is 23.6. The number of fused-ring (bicyclic) bond motifs is 4. The van der Waals surface area contributed by atoms with Gasteiger partial charge in [0.1, 0.15) is 5.54 Å². The molecule has 0 radical (unpaired) electrons. The number of nitro groups is 1. The second-order valence-electron chi connectivity index (χ2n) is 10.4. The van der Waals surface area contributed by atoms with Crippen LogP contribution < -0.4 is 5.32 Å². The van der Waals surface area contributed by atoms with Gasteiger partial charge in [0.05, 0.1) is 10.8 Å².